The number of rotatable bonds is 5. The van der Waals surface area contributed by atoms with Crippen LogP contribution >= 0.6 is 0 Å². The van der Waals surface area contributed by atoms with Gasteiger partial charge in [-0.3, -0.25) is 4.79 Å². The fourth-order valence-electron chi connectivity index (χ4n) is 2.55. The van der Waals surface area contributed by atoms with E-state index in [1.807, 2.05) is 13.0 Å². The predicted octanol–water partition coefficient (Wildman–Crippen LogP) is 0.544. The van der Waals surface area contributed by atoms with E-state index in [4.69, 9.17) is 9.56 Å². The average Bonchev–Trinajstić information content (AvgIpc) is 2.96. The van der Waals surface area contributed by atoms with Gasteiger partial charge in [0.15, 0.2) is 0 Å². The van der Waals surface area contributed by atoms with Gasteiger partial charge in [-0.05, 0) is 31.9 Å². The largest absolute Gasteiger partial charge is 0.467 e. The number of piperidine rings is 1. The van der Waals surface area contributed by atoms with E-state index in [2.05, 4.69) is 0 Å². The zero-order valence-electron chi connectivity index (χ0n) is 12.1. The van der Waals surface area contributed by atoms with E-state index in [1.54, 1.807) is 17.2 Å². The second kappa shape index (κ2) is 6.59. The van der Waals surface area contributed by atoms with Crippen molar-refractivity contribution in [1.29, 1.82) is 0 Å². The van der Waals surface area contributed by atoms with Gasteiger partial charge in [0.25, 0.3) is 10.2 Å². The topological polar surface area (TPSA) is 96.8 Å². The summed E-state index contributed by atoms with van der Waals surface area (Å²) in [5, 5.41) is 5.10. The lowest BCUT2D eigenvalue weighted by molar-refractivity contribution is -0.137. The van der Waals surface area contributed by atoms with Gasteiger partial charge >= 0.3 is 0 Å². The Labute approximate surface area is 124 Å². The molecule has 0 saturated carbocycles. The van der Waals surface area contributed by atoms with Crippen molar-refractivity contribution in [1.82, 2.24) is 9.21 Å². The Balaban J connectivity index is 1.94. The first-order chi connectivity index (χ1) is 9.91. The summed E-state index contributed by atoms with van der Waals surface area (Å²) in [7, 11) is -3.65. The number of nitrogens with two attached hydrogens (primary N) is 1. The molecule has 0 aromatic carbocycles. The highest BCUT2D eigenvalue weighted by Gasteiger charge is 2.31. The second-order valence-electron chi connectivity index (χ2n) is 5.15. The number of hydrogen-bond acceptors (Lipinski definition) is 4. The van der Waals surface area contributed by atoms with Crippen molar-refractivity contribution >= 4 is 16.1 Å². The normalized spacial score (nSPS) is 17.8. The first-order valence-corrected chi connectivity index (χ1v) is 8.51. The molecule has 8 heteroatoms. The number of amides is 1. The average molecular weight is 315 g/mol. The van der Waals surface area contributed by atoms with Crippen LogP contribution in [0.2, 0.25) is 0 Å². The second-order valence-corrected chi connectivity index (χ2v) is 6.70. The summed E-state index contributed by atoms with van der Waals surface area (Å²) in [4.78, 5) is 14.2. The molecule has 1 aliphatic rings. The van der Waals surface area contributed by atoms with Gasteiger partial charge in [0.2, 0.25) is 5.91 Å². The number of nitrogens with zero attached hydrogens (tertiary/aromatic N) is 2. The van der Waals surface area contributed by atoms with Crippen LogP contribution < -0.4 is 5.14 Å². The molecule has 1 aromatic heterocycles. The van der Waals surface area contributed by atoms with Crippen LogP contribution in [-0.2, 0) is 21.5 Å². The number of furan rings is 1. The number of hydrogen-bond donors (Lipinski definition) is 1. The van der Waals surface area contributed by atoms with Gasteiger partial charge in [-0.1, -0.05) is 0 Å². The third-order valence-electron chi connectivity index (χ3n) is 3.78. The minimum Gasteiger partial charge on any atom is -0.467 e. The molecule has 0 aliphatic carbocycles. The zero-order chi connectivity index (χ0) is 15.5. The molecule has 1 amide bonds. The van der Waals surface area contributed by atoms with Gasteiger partial charge in [0.1, 0.15) is 5.76 Å². The molecule has 2 rings (SSSR count). The molecule has 1 aliphatic heterocycles. The summed E-state index contributed by atoms with van der Waals surface area (Å²) in [6.07, 6.45) is 2.59. The van der Waals surface area contributed by atoms with Crippen molar-refractivity contribution < 1.29 is 17.6 Å². The maximum absolute atomic E-state index is 12.5. The molecule has 21 heavy (non-hydrogen) atoms. The molecule has 2 N–H and O–H groups in total. The van der Waals surface area contributed by atoms with Crippen LogP contribution in [-0.4, -0.2) is 43.2 Å². The van der Waals surface area contributed by atoms with E-state index in [9.17, 15) is 13.2 Å². The van der Waals surface area contributed by atoms with Crippen LogP contribution in [0.15, 0.2) is 22.8 Å². The van der Waals surface area contributed by atoms with E-state index in [-0.39, 0.29) is 11.8 Å². The SMILES string of the molecule is CCN(Cc1ccco1)C(=O)C1CCN(S(N)(=O)=O)CC1. The minimum absolute atomic E-state index is 0.0444. The smallest absolute Gasteiger partial charge is 0.276 e. The molecule has 1 aromatic rings. The van der Waals surface area contributed by atoms with Crippen molar-refractivity contribution in [2.75, 3.05) is 19.6 Å². The molecular weight excluding hydrogens is 294 g/mol. The van der Waals surface area contributed by atoms with Crippen molar-refractivity contribution in [3.05, 3.63) is 24.2 Å². The van der Waals surface area contributed by atoms with Crippen LogP contribution in [0.1, 0.15) is 25.5 Å². The molecule has 0 bridgehead atoms. The monoisotopic (exact) mass is 315 g/mol. The highest BCUT2D eigenvalue weighted by atomic mass is 32.2. The summed E-state index contributed by atoms with van der Waals surface area (Å²) in [5.74, 6) is 0.632. The van der Waals surface area contributed by atoms with Gasteiger partial charge in [0, 0.05) is 25.6 Å². The van der Waals surface area contributed by atoms with E-state index in [0.29, 0.717) is 39.0 Å². The summed E-state index contributed by atoms with van der Waals surface area (Å²) in [5.41, 5.74) is 0. The molecule has 1 saturated heterocycles. The summed E-state index contributed by atoms with van der Waals surface area (Å²) in [6.45, 7) is 3.55. The fourth-order valence-corrected chi connectivity index (χ4v) is 3.27. The molecule has 0 unspecified atom stereocenters. The van der Waals surface area contributed by atoms with Crippen molar-refractivity contribution in [3.63, 3.8) is 0 Å². The van der Waals surface area contributed by atoms with Gasteiger partial charge in [-0.25, -0.2) is 5.14 Å². The number of carbonyl (C=O) groups excluding carboxylic acids is 1. The van der Waals surface area contributed by atoms with Crippen LogP contribution in [0.3, 0.4) is 0 Å². The van der Waals surface area contributed by atoms with E-state index in [1.165, 1.54) is 4.31 Å². The third kappa shape index (κ3) is 4.05. The Morgan fingerprint density at radius 2 is 2.14 bits per heavy atom. The van der Waals surface area contributed by atoms with Gasteiger partial charge < -0.3 is 9.32 Å². The Hall–Kier alpha value is -1.38. The molecular formula is C13H21N3O4S. The first kappa shape index (κ1) is 16.0. The van der Waals surface area contributed by atoms with E-state index < -0.39 is 10.2 Å². The van der Waals surface area contributed by atoms with Gasteiger partial charge in [-0.2, -0.15) is 12.7 Å². The van der Waals surface area contributed by atoms with Crippen molar-refractivity contribution in [2.45, 2.75) is 26.3 Å². The maximum atomic E-state index is 12.5. The lowest BCUT2D eigenvalue weighted by Gasteiger charge is -2.32. The molecule has 118 valence electrons. The summed E-state index contributed by atoms with van der Waals surface area (Å²) in [6, 6.07) is 3.62. The lowest BCUT2D eigenvalue weighted by atomic mass is 9.96. The van der Waals surface area contributed by atoms with Crippen molar-refractivity contribution in [3.8, 4) is 0 Å². The first-order valence-electron chi connectivity index (χ1n) is 7.01. The Morgan fingerprint density at radius 3 is 2.62 bits per heavy atom. The molecule has 1 fully saturated rings. The highest BCUT2D eigenvalue weighted by molar-refractivity contribution is 7.86. The molecule has 0 atom stereocenters. The third-order valence-corrected chi connectivity index (χ3v) is 4.87. The fraction of sp³-hybridized carbons (Fsp3) is 0.615. The zero-order valence-corrected chi connectivity index (χ0v) is 12.9. The highest BCUT2D eigenvalue weighted by Crippen LogP contribution is 2.21. The van der Waals surface area contributed by atoms with Gasteiger partial charge in [-0.15, -0.1) is 0 Å². The Kier molecular flexibility index (Phi) is 5.02. The van der Waals surface area contributed by atoms with Gasteiger partial charge in [0.05, 0.1) is 12.8 Å². The Bertz CT molecular complexity index is 562. The quantitative estimate of drug-likeness (QED) is 0.857. The van der Waals surface area contributed by atoms with Crippen molar-refractivity contribution in [2.24, 2.45) is 11.1 Å². The summed E-state index contributed by atoms with van der Waals surface area (Å²) < 4.78 is 29.0. The molecule has 2 heterocycles. The summed E-state index contributed by atoms with van der Waals surface area (Å²) >= 11 is 0. The van der Waals surface area contributed by atoms with Crippen LogP contribution in [0.5, 0.6) is 0 Å². The van der Waals surface area contributed by atoms with E-state index in [0.717, 1.165) is 5.76 Å². The maximum Gasteiger partial charge on any atom is 0.276 e. The van der Waals surface area contributed by atoms with Crippen LogP contribution in [0.4, 0.5) is 0 Å². The molecule has 0 radical (unpaired) electrons. The van der Waals surface area contributed by atoms with Crippen LogP contribution in [0, 0.1) is 5.92 Å². The Morgan fingerprint density at radius 1 is 1.48 bits per heavy atom. The molecule has 7 nitrogen and oxygen atoms in total. The standard InChI is InChI=1S/C13H21N3O4S/c1-2-15(10-12-4-3-9-20-12)13(17)11-5-7-16(8-6-11)21(14,18)19/h3-4,9,11H,2,5-8,10H2,1H3,(H2,14,18,19). The van der Waals surface area contributed by atoms with E-state index >= 15 is 0 Å². The predicted molar refractivity (Wildman–Crippen MR) is 77.2 cm³/mol. The minimum atomic E-state index is -3.65. The lowest BCUT2D eigenvalue weighted by Crippen LogP contribution is -2.46. The number of carbonyl (C=O) groups is 1. The molecule has 0 spiro atoms. The van der Waals surface area contributed by atoms with Crippen LogP contribution in [0.25, 0.3) is 0 Å².